The normalized spacial score (nSPS) is 18.0. The molecule has 2 N–H and O–H groups in total. The number of rotatable bonds is 13. The van der Waals surface area contributed by atoms with Crippen LogP contribution in [0.4, 0.5) is 24.7 Å². The van der Waals surface area contributed by atoms with Crippen molar-refractivity contribution in [3.8, 4) is 28.7 Å². The third-order valence-electron chi connectivity index (χ3n) is 9.86. The Labute approximate surface area is 294 Å². The molecular formula is C35H44F3N9O4. The SMILES string of the molecule is CCOc1ncc(-c2cc(N(C)CC3(COC)CCCC3)c3[nH]c(-c4cnc(N5CCN(CCC(=O)O)[C@H](C)C5)cn4)nc3n2)cc1C(F)(F)F. The summed E-state index contributed by atoms with van der Waals surface area (Å²) in [5.74, 6) is -0.171. The largest absolute Gasteiger partial charge is 0.481 e. The number of pyridine rings is 2. The number of fused-ring (bicyclic) bond motifs is 1. The number of H-pyrrole nitrogens is 1. The van der Waals surface area contributed by atoms with Gasteiger partial charge in [-0.3, -0.25) is 9.69 Å². The number of hydrogen-bond acceptors (Lipinski definition) is 11. The number of alkyl halides is 3. The summed E-state index contributed by atoms with van der Waals surface area (Å²) in [6.07, 6.45) is 4.32. The summed E-state index contributed by atoms with van der Waals surface area (Å²) in [6.45, 7) is 7.57. The molecule has 0 radical (unpaired) electrons. The van der Waals surface area contributed by atoms with Gasteiger partial charge in [-0.25, -0.2) is 24.9 Å². The lowest BCUT2D eigenvalue weighted by atomic mass is 9.86. The number of nitrogens with zero attached hydrogens (tertiary/aromatic N) is 8. The molecule has 0 spiro atoms. The summed E-state index contributed by atoms with van der Waals surface area (Å²) in [6, 6.07) is 2.93. The van der Waals surface area contributed by atoms with Crippen molar-refractivity contribution in [2.45, 2.75) is 58.2 Å². The minimum atomic E-state index is -4.68. The van der Waals surface area contributed by atoms with E-state index in [1.165, 1.54) is 6.20 Å². The quantitative estimate of drug-likeness (QED) is 0.180. The maximum atomic E-state index is 14.1. The molecule has 4 aromatic heterocycles. The molecule has 2 fully saturated rings. The van der Waals surface area contributed by atoms with Crippen LogP contribution in [0.1, 0.15) is 51.5 Å². The highest BCUT2D eigenvalue weighted by Crippen LogP contribution is 2.42. The maximum absolute atomic E-state index is 14.1. The fourth-order valence-electron chi connectivity index (χ4n) is 7.34. The fraction of sp³-hybridized carbons (Fsp3) is 0.543. The standard InChI is InChI=1S/C35H44F3N9O4/c1-5-51-33-24(35(36,37)38)14-23(16-41-33)25-15-27(45(3)20-34(21-50-4)9-6-7-10-34)30-32(42-25)44-31(43-30)26-17-40-28(18-39-26)47-13-12-46(22(2)19-47)11-8-29(48)49/h14-18,22H,5-13,19-21H2,1-4H3,(H,48,49)(H,42,43,44)/t22-/m1/s1. The Morgan fingerprint density at radius 1 is 1.10 bits per heavy atom. The summed E-state index contributed by atoms with van der Waals surface area (Å²) in [5, 5.41) is 9.07. The Hall–Kier alpha value is -4.57. The number of hydrogen-bond donors (Lipinski definition) is 2. The minimum absolute atomic E-state index is 0.0437. The van der Waals surface area contributed by atoms with E-state index in [9.17, 15) is 18.0 Å². The van der Waals surface area contributed by atoms with Gasteiger partial charge in [0.2, 0.25) is 5.88 Å². The summed E-state index contributed by atoms with van der Waals surface area (Å²) < 4.78 is 53.1. The monoisotopic (exact) mass is 711 g/mol. The molecule has 6 rings (SSSR count). The average molecular weight is 712 g/mol. The summed E-state index contributed by atoms with van der Waals surface area (Å²) >= 11 is 0. The third-order valence-corrected chi connectivity index (χ3v) is 9.86. The number of carboxylic acids is 1. The molecule has 2 aliphatic rings. The van der Waals surface area contributed by atoms with Gasteiger partial charge in [-0.1, -0.05) is 12.8 Å². The van der Waals surface area contributed by atoms with Crippen molar-refractivity contribution in [1.29, 1.82) is 0 Å². The minimum Gasteiger partial charge on any atom is -0.481 e. The van der Waals surface area contributed by atoms with E-state index in [4.69, 9.17) is 24.5 Å². The van der Waals surface area contributed by atoms with Crippen LogP contribution >= 0.6 is 0 Å². The first-order valence-electron chi connectivity index (χ1n) is 17.2. The van der Waals surface area contributed by atoms with Gasteiger partial charge in [-0.05, 0) is 38.8 Å². The van der Waals surface area contributed by atoms with Crippen molar-refractivity contribution in [3.63, 3.8) is 0 Å². The van der Waals surface area contributed by atoms with Crippen molar-refractivity contribution >= 4 is 28.6 Å². The number of aromatic amines is 1. The Bertz CT molecular complexity index is 1830. The number of carboxylic acid groups (broad SMARTS) is 1. The first-order valence-corrected chi connectivity index (χ1v) is 17.2. The number of imidazole rings is 1. The van der Waals surface area contributed by atoms with E-state index >= 15 is 0 Å². The summed E-state index contributed by atoms with van der Waals surface area (Å²) in [4.78, 5) is 43.6. The third kappa shape index (κ3) is 8.01. The van der Waals surface area contributed by atoms with Crippen molar-refractivity contribution in [2.24, 2.45) is 5.41 Å². The molecule has 1 aliphatic heterocycles. The Morgan fingerprint density at radius 2 is 1.88 bits per heavy atom. The van der Waals surface area contributed by atoms with E-state index in [1.807, 2.05) is 7.05 Å². The molecule has 1 atom stereocenters. The number of carbonyl (C=O) groups is 1. The summed E-state index contributed by atoms with van der Waals surface area (Å²) in [7, 11) is 3.67. The number of nitrogens with one attached hydrogen (secondary N) is 1. The van der Waals surface area contributed by atoms with Gasteiger partial charge in [0.15, 0.2) is 11.5 Å². The van der Waals surface area contributed by atoms with Gasteiger partial charge in [0.05, 0.1) is 43.4 Å². The van der Waals surface area contributed by atoms with Crippen molar-refractivity contribution in [3.05, 3.63) is 36.3 Å². The van der Waals surface area contributed by atoms with Gasteiger partial charge in [0.1, 0.15) is 22.6 Å². The van der Waals surface area contributed by atoms with E-state index in [0.717, 1.165) is 37.4 Å². The maximum Gasteiger partial charge on any atom is 0.421 e. The number of anilines is 2. The zero-order valence-electron chi connectivity index (χ0n) is 29.3. The molecule has 1 saturated carbocycles. The molecule has 5 heterocycles. The van der Waals surface area contributed by atoms with Crippen molar-refractivity contribution in [2.75, 3.05) is 69.9 Å². The molecule has 0 bridgehead atoms. The van der Waals surface area contributed by atoms with Crippen LogP contribution in [0.25, 0.3) is 33.9 Å². The molecule has 4 aromatic rings. The molecule has 51 heavy (non-hydrogen) atoms. The van der Waals surface area contributed by atoms with E-state index in [-0.39, 0.29) is 35.7 Å². The zero-order valence-corrected chi connectivity index (χ0v) is 29.3. The van der Waals surface area contributed by atoms with Crippen LogP contribution < -0.4 is 14.5 Å². The first kappa shape index (κ1) is 36.2. The lowest BCUT2D eigenvalue weighted by molar-refractivity contribution is -0.139. The predicted octanol–water partition coefficient (Wildman–Crippen LogP) is 5.52. The molecule has 274 valence electrons. The second kappa shape index (κ2) is 15.0. The molecular weight excluding hydrogens is 667 g/mol. The van der Waals surface area contributed by atoms with E-state index in [0.29, 0.717) is 67.8 Å². The number of methoxy groups -OCH3 is 1. The fourth-order valence-corrected chi connectivity index (χ4v) is 7.34. The highest BCUT2D eigenvalue weighted by Gasteiger charge is 2.37. The molecule has 0 amide bonds. The van der Waals surface area contributed by atoms with Crippen LogP contribution in [0.3, 0.4) is 0 Å². The molecule has 1 aliphatic carbocycles. The molecule has 0 aromatic carbocycles. The molecule has 16 heteroatoms. The van der Waals surface area contributed by atoms with Gasteiger partial charge in [-0.2, -0.15) is 13.2 Å². The van der Waals surface area contributed by atoms with E-state index < -0.39 is 23.6 Å². The van der Waals surface area contributed by atoms with Crippen LogP contribution in [-0.4, -0.2) is 112 Å². The van der Waals surface area contributed by atoms with E-state index in [1.54, 1.807) is 32.5 Å². The number of halogens is 3. The molecule has 0 unspecified atom stereocenters. The number of aliphatic carboxylic acids is 1. The lowest BCUT2D eigenvalue weighted by Gasteiger charge is -2.40. The highest BCUT2D eigenvalue weighted by atomic mass is 19.4. The van der Waals surface area contributed by atoms with Crippen LogP contribution in [0.15, 0.2) is 30.7 Å². The number of piperazine rings is 1. The number of ether oxygens (including phenoxy) is 2. The first-order chi connectivity index (χ1) is 24.4. The average Bonchev–Trinajstić information content (AvgIpc) is 3.74. The highest BCUT2D eigenvalue weighted by molar-refractivity contribution is 5.91. The summed E-state index contributed by atoms with van der Waals surface area (Å²) in [5.41, 5.74) is 1.57. The topological polar surface area (TPSA) is 146 Å². The van der Waals surface area contributed by atoms with Crippen molar-refractivity contribution in [1.82, 2.24) is 34.8 Å². The molecule has 13 nitrogen and oxygen atoms in total. The smallest absolute Gasteiger partial charge is 0.421 e. The van der Waals surface area contributed by atoms with Crippen LogP contribution in [0, 0.1) is 5.41 Å². The zero-order chi connectivity index (χ0) is 36.3. The van der Waals surface area contributed by atoms with Gasteiger partial charge in [-0.15, -0.1) is 0 Å². The van der Waals surface area contributed by atoms with Gasteiger partial charge in [0, 0.05) is 70.1 Å². The van der Waals surface area contributed by atoms with Gasteiger partial charge < -0.3 is 29.4 Å². The van der Waals surface area contributed by atoms with Gasteiger partial charge >= 0.3 is 12.1 Å². The number of aromatic nitrogens is 6. The lowest BCUT2D eigenvalue weighted by Crippen LogP contribution is -2.52. The Morgan fingerprint density at radius 3 is 2.53 bits per heavy atom. The second-order valence-corrected chi connectivity index (χ2v) is 13.5. The van der Waals surface area contributed by atoms with Crippen molar-refractivity contribution < 1.29 is 32.5 Å². The van der Waals surface area contributed by atoms with Gasteiger partial charge in [0.25, 0.3) is 0 Å². The molecule has 1 saturated heterocycles. The van der Waals surface area contributed by atoms with E-state index in [2.05, 4.69) is 41.6 Å². The van der Waals surface area contributed by atoms with Crippen LogP contribution in [0.5, 0.6) is 5.88 Å². The predicted molar refractivity (Wildman–Crippen MR) is 186 cm³/mol. The van der Waals surface area contributed by atoms with Crippen LogP contribution in [0.2, 0.25) is 0 Å². The second-order valence-electron chi connectivity index (χ2n) is 13.5. The van der Waals surface area contributed by atoms with Crippen LogP contribution in [-0.2, 0) is 15.7 Å². The Balaban J connectivity index is 1.34. The Kier molecular flexibility index (Phi) is 10.6.